The average Bonchev–Trinajstić information content (AvgIpc) is 3.38. The Kier molecular flexibility index (Phi) is 7.30. The number of nitrogens with zero attached hydrogens (tertiary/aromatic N) is 1. The summed E-state index contributed by atoms with van der Waals surface area (Å²) in [7, 11) is 1.73. The van der Waals surface area contributed by atoms with Crippen LogP contribution in [0.3, 0.4) is 0 Å². The van der Waals surface area contributed by atoms with Crippen molar-refractivity contribution in [2.45, 2.75) is 51.8 Å². The van der Waals surface area contributed by atoms with Gasteiger partial charge in [0.05, 0.1) is 29.2 Å². The van der Waals surface area contributed by atoms with Crippen LogP contribution in [0.25, 0.3) is 10.9 Å². The van der Waals surface area contributed by atoms with Crippen molar-refractivity contribution in [2.75, 3.05) is 6.61 Å². The molecule has 0 unspecified atom stereocenters. The van der Waals surface area contributed by atoms with Crippen molar-refractivity contribution < 1.29 is 27.4 Å². The number of fused-ring (bicyclic) bond motifs is 1. The van der Waals surface area contributed by atoms with E-state index in [0.717, 1.165) is 23.2 Å². The van der Waals surface area contributed by atoms with Crippen LogP contribution in [-0.4, -0.2) is 23.2 Å². The van der Waals surface area contributed by atoms with Crippen molar-refractivity contribution in [3.05, 3.63) is 62.8 Å². The molecule has 4 nitrogen and oxygen atoms in total. The first-order valence-electron chi connectivity index (χ1n) is 11.5. The Hall–Kier alpha value is -2.38. The molecule has 2 atom stereocenters. The number of hydrogen-bond acceptors (Lipinski definition) is 3. The van der Waals surface area contributed by atoms with Gasteiger partial charge in [-0.1, -0.05) is 23.2 Å². The van der Waals surface area contributed by atoms with Crippen LogP contribution in [0.5, 0.6) is 5.75 Å². The summed E-state index contributed by atoms with van der Waals surface area (Å²) >= 11 is 13.2. The average molecular weight is 528 g/mol. The molecule has 0 aliphatic heterocycles. The molecule has 188 valence electrons. The number of benzene rings is 2. The third-order valence-corrected chi connectivity index (χ3v) is 7.37. The van der Waals surface area contributed by atoms with Gasteiger partial charge in [0.15, 0.2) is 0 Å². The summed E-state index contributed by atoms with van der Waals surface area (Å²) in [4.78, 5) is 12.0. The Morgan fingerprint density at radius 3 is 2.60 bits per heavy atom. The minimum atomic E-state index is -4.42. The molecule has 1 fully saturated rings. The second-order valence-corrected chi connectivity index (χ2v) is 9.72. The number of aryl methyl sites for hydroxylation is 2. The SMILES string of the molecule is CCOC(=O)[C@@H]1CC[C@H](Oc2ccc(Cl)c(Cc3cc4c(C)cc(C(F)(F)F)cc4n3C)c2Cl)C1. The molecule has 1 heterocycles. The Morgan fingerprint density at radius 1 is 1.17 bits per heavy atom. The number of aromatic nitrogens is 1. The van der Waals surface area contributed by atoms with Crippen LogP contribution in [-0.2, 0) is 29.2 Å². The van der Waals surface area contributed by atoms with E-state index in [-0.39, 0.29) is 18.0 Å². The molecular formula is C26H26Cl2F3NO3. The van der Waals surface area contributed by atoms with E-state index in [9.17, 15) is 18.0 Å². The fourth-order valence-electron chi connectivity index (χ4n) is 4.71. The standard InChI is InChI=1S/C26H26Cl2F3NO3/c1-4-34-25(33)15-5-6-18(10-15)35-23-8-7-21(27)20(24(23)28)13-17-12-19-14(2)9-16(26(29,30)31)11-22(19)32(17)3/h7-9,11-12,15,18H,4-6,10,13H2,1-3H3/t15-,18+/m1/s1. The summed E-state index contributed by atoms with van der Waals surface area (Å²) in [6, 6.07) is 7.59. The summed E-state index contributed by atoms with van der Waals surface area (Å²) in [6.07, 6.45) is -2.32. The van der Waals surface area contributed by atoms with Crippen LogP contribution in [0.1, 0.15) is 48.6 Å². The maximum absolute atomic E-state index is 13.3. The van der Waals surface area contributed by atoms with Gasteiger partial charge in [0.25, 0.3) is 0 Å². The molecule has 1 aliphatic carbocycles. The number of esters is 1. The van der Waals surface area contributed by atoms with E-state index in [1.54, 1.807) is 37.6 Å². The number of rotatable bonds is 6. The van der Waals surface area contributed by atoms with Gasteiger partial charge in [0, 0.05) is 35.1 Å². The normalized spacial score (nSPS) is 18.3. The summed E-state index contributed by atoms with van der Waals surface area (Å²) < 4.78 is 52.9. The third-order valence-electron chi connectivity index (χ3n) is 6.60. The van der Waals surface area contributed by atoms with Gasteiger partial charge in [-0.2, -0.15) is 13.2 Å². The highest BCUT2D eigenvalue weighted by Crippen LogP contribution is 2.39. The number of ether oxygens (including phenoxy) is 2. The van der Waals surface area contributed by atoms with Gasteiger partial charge in [-0.15, -0.1) is 0 Å². The van der Waals surface area contributed by atoms with Crippen molar-refractivity contribution in [2.24, 2.45) is 13.0 Å². The predicted octanol–water partition coefficient (Wildman–Crippen LogP) is 7.51. The van der Waals surface area contributed by atoms with Gasteiger partial charge in [0.2, 0.25) is 0 Å². The van der Waals surface area contributed by atoms with Crippen molar-refractivity contribution in [3.63, 3.8) is 0 Å². The second kappa shape index (κ2) is 9.94. The summed E-state index contributed by atoms with van der Waals surface area (Å²) in [5, 5.41) is 1.54. The van der Waals surface area contributed by atoms with Gasteiger partial charge in [-0.05, 0) is 74.6 Å². The lowest BCUT2D eigenvalue weighted by atomic mass is 10.1. The molecule has 0 saturated heterocycles. The Morgan fingerprint density at radius 2 is 1.91 bits per heavy atom. The van der Waals surface area contributed by atoms with Crippen molar-refractivity contribution >= 4 is 40.1 Å². The summed E-state index contributed by atoms with van der Waals surface area (Å²) in [6.45, 7) is 3.79. The lowest BCUT2D eigenvalue weighted by Crippen LogP contribution is -2.18. The molecule has 9 heteroatoms. The molecule has 0 spiro atoms. The Balaban J connectivity index is 1.60. The molecule has 1 aromatic heterocycles. The van der Waals surface area contributed by atoms with E-state index in [4.69, 9.17) is 32.7 Å². The lowest BCUT2D eigenvalue weighted by molar-refractivity contribution is -0.148. The largest absolute Gasteiger partial charge is 0.489 e. The van der Waals surface area contributed by atoms with Crippen LogP contribution in [0.4, 0.5) is 13.2 Å². The van der Waals surface area contributed by atoms with E-state index in [2.05, 4.69) is 0 Å². The topological polar surface area (TPSA) is 40.5 Å². The molecule has 1 aliphatic rings. The van der Waals surface area contributed by atoms with Gasteiger partial charge in [0.1, 0.15) is 5.75 Å². The monoisotopic (exact) mass is 527 g/mol. The van der Waals surface area contributed by atoms with Crippen LogP contribution in [0.15, 0.2) is 30.3 Å². The second-order valence-electron chi connectivity index (χ2n) is 8.94. The van der Waals surface area contributed by atoms with E-state index in [0.29, 0.717) is 64.7 Å². The van der Waals surface area contributed by atoms with Crippen molar-refractivity contribution in [1.29, 1.82) is 0 Å². The highest BCUT2D eigenvalue weighted by molar-refractivity contribution is 6.37. The minimum Gasteiger partial charge on any atom is -0.489 e. The number of alkyl halides is 3. The third kappa shape index (κ3) is 5.26. The molecule has 35 heavy (non-hydrogen) atoms. The van der Waals surface area contributed by atoms with Gasteiger partial charge < -0.3 is 14.0 Å². The predicted molar refractivity (Wildman–Crippen MR) is 130 cm³/mol. The first-order valence-corrected chi connectivity index (χ1v) is 12.2. The van der Waals surface area contributed by atoms with Gasteiger partial charge >= 0.3 is 12.1 Å². The molecule has 0 radical (unpaired) electrons. The smallest absolute Gasteiger partial charge is 0.416 e. The van der Waals surface area contributed by atoms with Crippen LogP contribution in [0.2, 0.25) is 10.0 Å². The lowest BCUT2D eigenvalue weighted by Gasteiger charge is -2.18. The first-order chi connectivity index (χ1) is 16.5. The van der Waals surface area contributed by atoms with E-state index < -0.39 is 11.7 Å². The van der Waals surface area contributed by atoms with E-state index >= 15 is 0 Å². The van der Waals surface area contributed by atoms with Crippen molar-refractivity contribution in [1.82, 2.24) is 4.57 Å². The zero-order valence-electron chi connectivity index (χ0n) is 19.6. The maximum atomic E-state index is 13.3. The number of hydrogen-bond donors (Lipinski definition) is 0. The zero-order valence-corrected chi connectivity index (χ0v) is 21.2. The first kappa shape index (κ1) is 25.7. The molecule has 4 rings (SSSR count). The van der Waals surface area contributed by atoms with Crippen LogP contribution < -0.4 is 4.74 Å². The molecule has 0 bridgehead atoms. The van der Waals surface area contributed by atoms with Gasteiger partial charge in [-0.25, -0.2) is 0 Å². The Labute approximate surface area is 211 Å². The summed E-state index contributed by atoms with van der Waals surface area (Å²) in [5.74, 6) is 0.0715. The molecule has 1 saturated carbocycles. The molecular weight excluding hydrogens is 502 g/mol. The van der Waals surface area contributed by atoms with Crippen molar-refractivity contribution in [3.8, 4) is 5.75 Å². The fourth-order valence-corrected chi connectivity index (χ4v) is 5.26. The summed E-state index contributed by atoms with van der Waals surface area (Å²) in [5.41, 5.74) is 1.75. The van der Waals surface area contributed by atoms with Crippen LogP contribution >= 0.6 is 23.2 Å². The maximum Gasteiger partial charge on any atom is 0.416 e. The zero-order chi connectivity index (χ0) is 25.5. The van der Waals surface area contributed by atoms with Crippen LogP contribution in [0, 0.1) is 12.8 Å². The molecule has 0 amide bonds. The molecule has 3 aromatic rings. The number of halogens is 5. The quantitative estimate of drug-likeness (QED) is 0.311. The number of carbonyl (C=O) groups excluding carboxylic acids is 1. The molecule has 2 aromatic carbocycles. The highest BCUT2D eigenvalue weighted by Gasteiger charge is 2.33. The Bertz CT molecular complexity index is 1270. The highest BCUT2D eigenvalue weighted by atomic mass is 35.5. The number of carbonyl (C=O) groups is 1. The fraction of sp³-hybridized carbons (Fsp3) is 0.423. The van der Waals surface area contributed by atoms with E-state index in [1.165, 1.54) is 0 Å². The minimum absolute atomic E-state index is 0.169. The van der Waals surface area contributed by atoms with E-state index in [1.807, 2.05) is 6.07 Å². The van der Waals surface area contributed by atoms with Gasteiger partial charge in [-0.3, -0.25) is 4.79 Å². The molecule has 0 N–H and O–H groups in total.